The largest absolute Gasteiger partial charge is 0.299 e. The lowest BCUT2D eigenvalue weighted by atomic mass is 10.1. The zero-order chi connectivity index (χ0) is 9.97. The molecule has 1 aromatic carbocycles. The molecule has 0 spiro atoms. The van der Waals surface area contributed by atoms with Crippen LogP contribution in [0.1, 0.15) is 29.5 Å². The molecule has 0 atom stereocenters. The van der Waals surface area contributed by atoms with Gasteiger partial charge < -0.3 is 0 Å². The highest BCUT2D eigenvalue weighted by molar-refractivity contribution is 5.30. The highest BCUT2D eigenvalue weighted by atomic mass is 15.1. The van der Waals surface area contributed by atoms with E-state index in [4.69, 9.17) is 0 Å². The van der Waals surface area contributed by atoms with Crippen molar-refractivity contribution in [2.45, 2.75) is 33.2 Å². The van der Waals surface area contributed by atoms with E-state index in [1.807, 2.05) is 0 Å². The van der Waals surface area contributed by atoms with Crippen LogP contribution in [0, 0.1) is 13.8 Å². The molecule has 2 rings (SSSR count). The Balaban J connectivity index is 2.10. The molecular formula is C13H19N. The molecule has 0 amide bonds. The van der Waals surface area contributed by atoms with Crippen molar-refractivity contribution in [3.63, 3.8) is 0 Å². The monoisotopic (exact) mass is 189 g/mol. The number of hydrogen-bond acceptors (Lipinski definition) is 1. The van der Waals surface area contributed by atoms with Gasteiger partial charge in [0.25, 0.3) is 0 Å². The minimum Gasteiger partial charge on any atom is -0.299 e. The Hall–Kier alpha value is -0.820. The van der Waals surface area contributed by atoms with Crippen LogP contribution in [0.15, 0.2) is 18.2 Å². The van der Waals surface area contributed by atoms with Crippen molar-refractivity contribution in [2.24, 2.45) is 0 Å². The van der Waals surface area contributed by atoms with Crippen LogP contribution in [0.5, 0.6) is 0 Å². The second-order valence-electron chi connectivity index (χ2n) is 4.41. The number of rotatable bonds is 2. The minimum atomic E-state index is 1.15. The summed E-state index contributed by atoms with van der Waals surface area (Å²) in [4.78, 5) is 2.56. The van der Waals surface area contributed by atoms with Crippen molar-refractivity contribution in [2.75, 3.05) is 13.1 Å². The van der Waals surface area contributed by atoms with Gasteiger partial charge in [0.1, 0.15) is 0 Å². The van der Waals surface area contributed by atoms with Crippen LogP contribution in [0.4, 0.5) is 0 Å². The fourth-order valence-corrected chi connectivity index (χ4v) is 2.15. The first-order chi connectivity index (χ1) is 6.75. The van der Waals surface area contributed by atoms with Gasteiger partial charge in [0.15, 0.2) is 0 Å². The fourth-order valence-electron chi connectivity index (χ4n) is 2.15. The van der Waals surface area contributed by atoms with E-state index in [2.05, 4.69) is 36.9 Å². The van der Waals surface area contributed by atoms with Crippen molar-refractivity contribution in [3.8, 4) is 0 Å². The predicted octanol–water partition coefficient (Wildman–Crippen LogP) is 2.90. The fraction of sp³-hybridized carbons (Fsp3) is 0.538. The van der Waals surface area contributed by atoms with Gasteiger partial charge in [-0.3, -0.25) is 4.90 Å². The summed E-state index contributed by atoms with van der Waals surface area (Å²) >= 11 is 0. The molecule has 1 heteroatoms. The maximum Gasteiger partial charge on any atom is 0.0236 e. The lowest BCUT2D eigenvalue weighted by Gasteiger charge is -2.16. The van der Waals surface area contributed by atoms with E-state index in [1.165, 1.54) is 42.6 Å². The van der Waals surface area contributed by atoms with Crippen molar-refractivity contribution in [1.82, 2.24) is 4.90 Å². The van der Waals surface area contributed by atoms with E-state index in [-0.39, 0.29) is 0 Å². The number of aryl methyl sites for hydroxylation is 2. The van der Waals surface area contributed by atoms with Crippen LogP contribution >= 0.6 is 0 Å². The summed E-state index contributed by atoms with van der Waals surface area (Å²) in [6.07, 6.45) is 2.76. The smallest absolute Gasteiger partial charge is 0.0236 e. The molecule has 0 bridgehead atoms. The summed E-state index contributed by atoms with van der Waals surface area (Å²) in [5, 5.41) is 0. The van der Waals surface area contributed by atoms with Crippen LogP contribution in [0.2, 0.25) is 0 Å². The first-order valence-corrected chi connectivity index (χ1v) is 5.54. The van der Waals surface area contributed by atoms with Crippen LogP contribution < -0.4 is 0 Å². The van der Waals surface area contributed by atoms with Gasteiger partial charge in [-0.1, -0.05) is 23.8 Å². The number of nitrogens with zero attached hydrogens (tertiary/aromatic N) is 1. The molecule has 0 radical (unpaired) electrons. The molecule has 76 valence electrons. The molecule has 1 fully saturated rings. The maximum absolute atomic E-state index is 2.56. The molecule has 1 aliphatic heterocycles. The predicted molar refractivity (Wildman–Crippen MR) is 60.4 cm³/mol. The average Bonchev–Trinajstić information content (AvgIpc) is 2.64. The highest BCUT2D eigenvalue weighted by Crippen LogP contribution is 2.16. The van der Waals surface area contributed by atoms with Gasteiger partial charge in [0, 0.05) is 6.54 Å². The molecule has 1 heterocycles. The molecule has 1 nitrogen and oxygen atoms in total. The average molecular weight is 189 g/mol. The molecule has 14 heavy (non-hydrogen) atoms. The Labute approximate surface area is 86.7 Å². The molecule has 1 saturated heterocycles. The van der Waals surface area contributed by atoms with Crippen LogP contribution in [-0.4, -0.2) is 18.0 Å². The van der Waals surface area contributed by atoms with Gasteiger partial charge in [-0.15, -0.1) is 0 Å². The van der Waals surface area contributed by atoms with E-state index in [1.54, 1.807) is 0 Å². The Morgan fingerprint density at radius 2 is 1.86 bits per heavy atom. The Kier molecular flexibility index (Phi) is 2.87. The lowest BCUT2D eigenvalue weighted by molar-refractivity contribution is 0.330. The van der Waals surface area contributed by atoms with Gasteiger partial charge in [-0.25, -0.2) is 0 Å². The molecular weight excluding hydrogens is 170 g/mol. The molecule has 1 aromatic rings. The molecule has 1 aliphatic rings. The zero-order valence-corrected chi connectivity index (χ0v) is 9.21. The Morgan fingerprint density at radius 1 is 1.14 bits per heavy atom. The highest BCUT2D eigenvalue weighted by Gasteiger charge is 2.12. The third-order valence-corrected chi connectivity index (χ3v) is 3.10. The molecule has 0 aromatic heterocycles. The van der Waals surface area contributed by atoms with E-state index >= 15 is 0 Å². The Morgan fingerprint density at radius 3 is 2.57 bits per heavy atom. The van der Waals surface area contributed by atoms with Crippen molar-refractivity contribution >= 4 is 0 Å². The topological polar surface area (TPSA) is 3.24 Å². The van der Waals surface area contributed by atoms with Gasteiger partial charge in [0.05, 0.1) is 0 Å². The quantitative estimate of drug-likeness (QED) is 0.691. The third kappa shape index (κ3) is 2.16. The second-order valence-corrected chi connectivity index (χ2v) is 4.41. The van der Waals surface area contributed by atoms with Crippen LogP contribution in [0.3, 0.4) is 0 Å². The molecule has 0 N–H and O–H groups in total. The standard InChI is InChI=1S/C13H19N/c1-11-5-6-12(2)13(9-11)10-14-7-3-4-8-14/h5-6,9H,3-4,7-8,10H2,1-2H3. The summed E-state index contributed by atoms with van der Waals surface area (Å²) in [5.74, 6) is 0. The molecule has 0 aliphatic carbocycles. The number of benzene rings is 1. The minimum absolute atomic E-state index is 1.15. The zero-order valence-electron chi connectivity index (χ0n) is 9.21. The second kappa shape index (κ2) is 4.14. The first kappa shape index (κ1) is 9.72. The van der Waals surface area contributed by atoms with Crippen LogP contribution in [-0.2, 0) is 6.54 Å². The van der Waals surface area contributed by atoms with Gasteiger partial charge in [0.2, 0.25) is 0 Å². The normalized spacial score (nSPS) is 17.6. The van der Waals surface area contributed by atoms with Gasteiger partial charge in [-0.05, 0) is 50.9 Å². The van der Waals surface area contributed by atoms with Crippen molar-refractivity contribution < 1.29 is 0 Å². The summed E-state index contributed by atoms with van der Waals surface area (Å²) in [5.41, 5.74) is 4.32. The summed E-state index contributed by atoms with van der Waals surface area (Å²) in [7, 11) is 0. The van der Waals surface area contributed by atoms with E-state index < -0.39 is 0 Å². The maximum atomic E-state index is 2.56. The van der Waals surface area contributed by atoms with E-state index in [0.29, 0.717) is 0 Å². The lowest BCUT2D eigenvalue weighted by Crippen LogP contribution is -2.18. The van der Waals surface area contributed by atoms with Gasteiger partial charge in [-0.2, -0.15) is 0 Å². The number of likely N-dealkylation sites (tertiary alicyclic amines) is 1. The molecule has 0 saturated carbocycles. The van der Waals surface area contributed by atoms with Gasteiger partial charge >= 0.3 is 0 Å². The molecule has 0 unspecified atom stereocenters. The SMILES string of the molecule is Cc1ccc(C)c(CN2CCCC2)c1. The van der Waals surface area contributed by atoms with Crippen LogP contribution in [0.25, 0.3) is 0 Å². The first-order valence-electron chi connectivity index (χ1n) is 5.54. The third-order valence-electron chi connectivity index (χ3n) is 3.10. The van der Waals surface area contributed by atoms with Crippen molar-refractivity contribution in [3.05, 3.63) is 34.9 Å². The van der Waals surface area contributed by atoms with E-state index in [9.17, 15) is 0 Å². The summed E-state index contributed by atoms with van der Waals surface area (Å²) in [6.45, 7) is 8.10. The Bertz CT molecular complexity index is 311. The summed E-state index contributed by atoms with van der Waals surface area (Å²) < 4.78 is 0. The summed E-state index contributed by atoms with van der Waals surface area (Å²) in [6, 6.07) is 6.76. The number of hydrogen-bond donors (Lipinski definition) is 0. The van der Waals surface area contributed by atoms with Crippen molar-refractivity contribution in [1.29, 1.82) is 0 Å². The van der Waals surface area contributed by atoms with E-state index in [0.717, 1.165) is 6.54 Å².